The molecule has 29 heavy (non-hydrogen) atoms. The van der Waals surface area contributed by atoms with Gasteiger partial charge in [-0.1, -0.05) is 24.3 Å². The molecule has 2 N–H and O–H groups in total. The molecule has 7 nitrogen and oxygen atoms in total. The third-order valence-corrected chi connectivity index (χ3v) is 3.94. The van der Waals surface area contributed by atoms with Gasteiger partial charge in [-0.25, -0.2) is 4.68 Å². The Morgan fingerprint density at radius 3 is 2.66 bits per heavy atom. The van der Waals surface area contributed by atoms with E-state index in [1.165, 1.54) is 29.1 Å². The first-order chi connectivity index (χ1) is 13.9. The first-order valence-electron chi connectivity index (χ1n) is 8.49. The van der Waals surface area contributed by atoms with Crippen molar-refractivity contribution in [3.63, 3.8) is 0 Å². The number of rotatable bonds is 5. The monoisotopic (exact) mass is 401 g/mol. The summed E-state index contributed by atoms with van der Waals surface area (Å²) in [6.07, 6.45) is -3.01. The molecule has 148 valence electrons. The number of nitrogens with one attached hydrogen (secondary N) is 2. The number of aromatic nitrogens is 4. The topological polar surface area (TPSA) is 84.8 Å². The van der Waals surface area contributed by atoms with Crippen molar-refractivity contribution in [3.8, 4) is 11.4 Å². The molecule has 0 aliphatic rings. The molecule has 0 amide bonds. The predicted octanol–water partition coefficient (Wildman–Crippen LogP) is 3.79. The van der Waals surface area contributed by atoms with Gasteiger partial charge in [-0.3, -0.25) is 9.78 Å². The molecule has 0 saturated carbocycles. The van der Waals surface area contributed by atoms with E-state index in [-0.39, 0.29) is 11.7 Å². The first kappa shape index (κ1) is 18.5. The van der Waals surface area contributed by atoms with Crippen LogP contribution in [0, 0.1) is 0 Å². The Kier molecular flexibility index (Phi) is 4.67. The van der Waals surface area contributed by atoms with Gasteiger partial charge in [0.1, 0.15) is 11.1 Å². The summed E-state index contributed by atoms with van der Waals surface area (Å²) in [6.45, 7) is -1.40. The lowest BCUT2D eigenvalue weighted by Crippen LogP contribution is -2.19. The van der Waals surface area contributed by atoms with Gasteiger partial charge in [-0.05, 0) is 24.3 Å². The number of anilines is 2. The molecule has 0 atom stereocenters. The Bertz CT molecular complexity index is 1200. The van der Waals surface area contributed by atoms with E-state index in [0.29, 0.717) is 16.7 Å². The predicted molar refractivity (Wildman–Crippen MR) is 101 cm³/mol. The highest BCUT2D eigenvalue weighted by molar-refractivity contribution is 5.76. The summed E-state index contributed by atoms with van der Waals surface area (Å²) >= 11 is 0. The number of ether oxygens (including phenoxy) is 1. The van der Waals surface area contributed by atoms with Crippen molar-refractivity contribution in [2.75, 3.05) is 11.9 Å². The van der Waals surface area contributed by atoms with Crippen molar-refractivity contribution in [2.45, 2.75) is 6.18 Å². The number of fused-ring (bicyclic) bond motifs is 1. The second-order valence-corrected chi connectivity index (χ2v) is 6.10. The summed E-state index contributed by atoms with van der Waals surface area (Å²) < 4.78 is 43.3. The van der Waals surface area contributed by atoms with Crippen LogP contribution in [0.1, 0.15) is 0 Å². The van der Waals surface area contributed by atoms with Gasteiger partial charge in [0, 0.05) is 11.8 Å². The average Bonchev–Trinajstić information content (AvgIpc) is 3.11. The maximum Gasteiger partial charge on any atom is 0.422 e. The number of hydrogen-bond acceptors (Lipinski definition) is 5. The minimum absolute atomic E-state index is 0.0325. The summed E-state index contributed by atoms with van der Waals surface area (Å²) in [5.74, 6) is 0.151. The third kappa shape index (κ3) is 4.21. The lowest BCUT2D eigenvalue weighted by Gasteiger charge is -2.11. The van der Waals surface area contributed by atoms with Crippen molar-refractivity contribution >= 4 is 22.7 Å². The third-order valence-electron chi connectivity index (χ3n) is 3.94. The van der Waals surface area contributed by atoms with Gasteiger partial charge in [0.2, 0.25) is 5.95 Å². The SMILES string of the molecule is O=c1[nH]c(Nc2cccc(OCC(F)(F)F)c2)nc2c1cnn2-c1ccccc1. The van der Waals surface area contributed by atoms with E-state index in [9.17, 15) is 18.0 Å². The molecular weight excluding hydrogens is 387 g/mol. The molecule has 2 aromatic heterocycles. The molecule has 0 aliphatic carbocycles. The van der Waals surface area contributed by atoms with Crippen molar-refractivity contribution in [1.82, 2.24) is 19.7 Å². The molecule has 0 aliphatic heterocycles. The zero-order chi connectivity index (χ0) is 20.4. The second kappa shape index (κ2) is 7.30. The van der Waals surface area contributed by atoms with E-state index in [2.05, 4.69) is 20.4 Å². The Labute approximate surface area is 161 Å². The largest absolute Gasteiger partial charge is 0.484 e. The summed E-state index contributed by atoms with van der Waals surface area (Å²) in [5.41, 5.74) is 1.07. The highest BCUT2D eigenvalue weighted by Gasteiger charge is 2.28. The number of para-hydroxylation sites is 1. The molecule has 0 fully saturated rings. The molecule has 4 aromatic rings. The lowest BCUT2D eigenvalue weighted by atomic mass is 10.3. The maximum atomic E-state index is 12.4. The van der Waals surface area contributed by atoms with Gasteiger partial charge in [-0.15, -0.1) is 0 Å². The molecule has 10 heteroatoms. The quantitative estimate of drug-likeness (QED) is 0.532. The number of halogens is 3. The molecule has 0 bridgehead atoms. The molecule has 0 spiro atoms. The van der Waals surface area contributed by atoms with Gasteiger partial charge in [0.15, 0.2) is 12.3 Å². The van der Waals surface area contributed by atoms with Gasteiger partial charge in [-0.2, -0.15) is 23.3 Å². The van der Waals surface area contributed by atoms with Crippen molar-refractivity contribution in [1.29, 1.82) is 0 Å². The van der Waals surface area contributed by atoms with Gasteiger partial charge in [0.25, 0.3) is 5.56 Å². The molecule has 0 radical (unpaired) electrons. The normalized spacial score (nSPS) is 11.6. The smallest absolute Gasteiger partial charge is 0.422 e. The fraction of sp³-hybridized carbons (Fsp3) is 0.105. The van der Waals surface area contributed by atoms with E-state index >= 15 is 0 Å². The van der Waals surface area contributed by atoms with Crippen LogP contribution < -0.4 is 15.6 Å². The average molecular weight is 401 g/mol. The van der Waals surface area contributed by atoms with Crippen LogP contribution in [-0.2, 0) is 0 Å². The zero-order valence-electron chi connectivity index (χ0n) is 14.8. The van der Waals surface area contributed by atoms with E-state index in [0.717, 1.165) is 5.69 Å². The number of benzene rings is 2. The number of alkyl halides is 3. The van der Waals surface area contributed by atoms with Crippen molar-refractivity contribution in [2.24, 2.45) is 0 Å². The van der Waals surface area contributed by atoms with E-state index in [4.69, 9.17) is 4.74 Å². The number of hydrogen-bond donors (Lipinski definition) is 2. The van der Waals surface area contributed by atoms with Gasteiger partial charge >= 0.3 is 6.18 Å². The Morgan fingerprint density at radius 1 is 1.10 bits per heavy atom. The number of nitrogens with zero attached hydrogens (tertiary/aromatic N) is 3. The van der Waals surface area contributed by atoms with Crippen molar-refractivity contribution in [3.05, 3.63) is 71.1 Å². The molecule has 4 rings (SSSR count). The summed E-state index contributed by atoms with van der Waals surface area (Å²) in [4.78, 5) is 19.4. The number of H-pyrrole nitrogens is 1. The van der Waals surface area contributed by atoms with E-state index in [1.807, 2.05) is 30.3 Å². The van der Waals surface area contributed by atoms with E-state index < -0.39 is 18.3 Å². The van der Waals surface area contributed by atoms with Crippen LogP contribution in [-0.4, -0.2) is 32.5 Å². The Morgan fingerprint density at radius 2 is 1.90 bits per heavy atom. The maximum absolute atomic E-state index is 12.4. The Balaban J connectivity index is 1.64. The van der Waals surface area contributed by atoms with Crippen LogP contribution in [0.25, 0.3) is 16.7 Å². The first-order valence-corrected chi connectivity index (χ1v) is 8.49. The summed E-state index contributed by atoms with van der Waals surface area (Å²) in [7, 11) is 0. The molecule has 0 unspecified atom stereocenters. The lowest BCUT2D eigenvalue weighted by molar-refractivity contribution is -0.153. The standard InChI is InChI=1S/C19H14F3N5O2/c20-19(21,22)11-29-14-8-4-5-12(9-14)24-18-25-16-15(17(28)26-18)10-23-27(16)13-6-2-1-3-7-13/h1-10H,11H2,(H2,24,25,26,28). The summed E-state index contributed by atoms with van der Waals surface area (Å²) in [5, 5.41) is 7.40. The van der Waals surface area contributed by atoms with Crippen LogP contribution in [0.4, 0.5) is 24.8 Å². The van der Waals surface area contributed by atoms with Gasteiger partial charge in [0.05, 0.1) is 11.9 Å². The molecule has 0 saturated heterocycles. The molecular formula is C19H14F3N5O2. The zero-order valence-corrected chi connectivity index (χ0v) is 14.8. The molecule has 2 aromatic carbocycles. The highest BCUT2D eigenvalue weighted by atomic mass is 19.4. The summed E-state index contributed by atoms with van der Waals surface area (Å²) in [6, 6.07) is 15.1. The van der Waals surface area contributed by atoms with Crippen LogP contribution >= 0.6 is 0 Å². The Hall–Kier alpha value is -3.82. The minimum Gasteiger partial charge on any atom is -0.484 e. The molecule has 2 heterocycles. The highest BCUT2D eigenvalue weighted by Crippen LogP contribution is 2.23. The van der Waals surface area contributed by atoms with Gasteiger partial charge < -0.3 is 10.1 Å². The van der Waals surface area contributed by atoms with Crippen LogP contribution in [0.2, 0.25) is 0 Å². The van der Waals surface area contributed by atoms with E-state index in [1.54, 1.807) is 6.07 Å². The fourth-order valence-electron chi connectivity index (χ4n) is 2.70. The number of aromatic amines is 1. The second-order valence-electron chi connectivity index (χ2n) is 6.10. The fourth-order valence-corrected chi connectivity index (χ4v) is 2.70. The van der Waals surface area contributed by atoms with Crippen LogP contribution in [0.15, 0.2) is 65.6 Å². The van der Waals surface area contributed by atoms with Crippen LogP contribution in [0.5, 0.6) is 5.75 Å². The van der Waals surface area contributed by atoms with Crippen molar-refractivity contribution < 1.29 is 17.9 Å². The van der Waals surface area contributed by atoms with Crippen LogP contribution in [0.3, 0.4) is 0 Å². The minimum atomic E-state index is -4.43.